The summed E-state index contributed by atoms with van der Waals surface area (Å²) in [7, 11) is 2.09. The molecule has 2 heterocycles. The lowest BCUT2D eigenvalue weighted by molar-refractivity contribution is 0.350. The van der Waals surface area contributed by atoms with Gasteiger partial charge >= 0.3 is 0 Å². The van der Waals surface area contributed by atoms with Gasteiger partial charge in [-0.1, -0.05) is 41.6 Å². The molecular weight excluding hydrogens is 384 g/mol. The first-order valence-corrected chi connectivity index (χ1v) is 11.1. The summed E-state index contributed by atoms with van der Waals surface area (Å²) in [6, 6.07) is 12.1. The quantitative estimate of drug-likeness (QED) is 0.483. The molecule has 0 atom stereocenters. The molecule has 2 aromatic carbocycles. The molecule has 3 aromatic rings. The van der Waals surface area contributed by atoms with Crippen LogP contribution in [0.3, 0.4) is 0 Å². The number of allylic oxidation sites excluding steroid dienone is 1. The van der Waals surface area contributed by atoms with Crippen LogP contribution < -0.4 is 10.2 Å². The summed E-state index contributed by atoms with van der Waals surface area (Å²) in [6.07, 6.45) is 8.81. The molecule has 0 saturated carbocycles. The number of rotatable bonds is 7. The van der Waals surface area contributed by atoms with E-state index in [0.29, 0.717) is 5.69 Å². The molecular formula is C26H30N4O. The molecule has 1 aliphatic rings. The van der Waals surface area contributed by atoms with Gasteiger partial charge in [0.2, 0.25) is 0 Å². The average Bonchev–Trinajstić information content (AvgIpc) is 3.22. The van der Waals surface area contributed by atoms with Crippen LogP contribution >= 0.6 is 0 Å². The number of nitrogens with one attached hydrogen (secondary N) is 1. The highest BCUT2D eigenvalue weighted by Gasteiger charge is 2.19. The number of anilines is 1. The SMILES string of the molecule is [C-]#[N+]c1ccc(CN(C)c2ccc3c(CCC4CCNCC4)noc3c2C=CC)cc1. The average molecular weight is 415 g/mol. The fourth-order valence-electron chi connectivity index (χ4n) is 4.45. The minimum absolute atomic E-state index is 0.668. The molecule has 1 aromatic heterocycles. The van der Waals surface area contributed by atoms with Crippen LogP contribution in [0.25, 0.3) is 21.9 Å². The normalized spacial score (nSPS) is 14.9. The molecule has 0 unspecified atom stereocenters. The van der Waals surface area contributed by atoms with E-state index in [2.05, 4.69) is 45.5 Å². The van der Waals surface area contributed by atoms with Gasteiger partial charge in [-0.05, 0) is 69.3 Å². The van der Waals surface area contributed by atoms with E-state index in [9.17, 15) is 0 Å². The molecule has 0 amide bonds. The zero-order chi connectivity index (χ0) is 21.6. The van der Waals surface area contributed by atoms with E-state index < -0.39 is 0 Å². The van der Waals surface area contributed by atoms with Crippen molar-refractivity contribution < 1.29 is 4.52 Å². The molecule has 1 aliphatic heterocycles. The lowest BCUT2D eigenvalue weighted by Crippen LogP contribution is -2.27. The number of hydrogen-bond donors (Lipinski definition) is 1. The Balaban J connectivity index is 1.57. The van der Waals surface area contributed by atoms with Crippen LogP contribution in [0.2, 0.25) is 0 Å². The van der Waals surface area contributed by atoms with Crippen LogP contribution in [0.5, 0.6) is 0 Å². The molecule has 31 heavy (non-hydrogen) atoms. The number of fused-ring (bicyclic) bond motifs is 1. The molecule has 1 N–H and O–H groups in total. The summed E-state index contributed by atoms with van der Waals surface area (Å²) < 4.78 is 5.87. The van der Waals surface area contributed by atoms with Gasteiger partial charge in [0.1, 0.15) is 0 Å². The third-order valence-corrected chi connectivity index (χ3v) is 6.21. The van der Waals surface area contributed by atoms with Gasteiger partial charge in [0, 0.05) is 30.2 Å². The van der Waals surface area contributed by atoms with Crippen LogP contribution in [0.15, 0.2) is 47.0 Å². The Hall–Kier alpha value is -3.10. The second-order valence-electron chi connectivity index (χ2n) is 8.37. The van der Waals surface area contributed by atoms with Crippen molar-refractivity contribution in [1.29, 1.82) is 0 Å². The summed E-state index contributed by atoms with van der Waals surface area (Å²) in [6.45, 7) is 12.2. The first-order valence-electron chi connectivity index (χ1n) is 11.1. The standard InChI is InChI=1S/C26H30N4O/c1-4-5-23-25(30(3)18-20-6-9-21(27-2)10-7-20)13-11-22-24(29-31-26(22)23)12-8-19-14-16-28-17-15-19/h4-7,9-11,13,19,28H,8,12,14-18H2,1,3H3. The van der Waals surface area contributed by atoms with Crippen molar-refractivity contribution in [2.45, 2.75) is 39.2 Å². The number of hydrogen-bond acceptors (Lipinski definition) is 4. The molecule has 160 valence electrons. The van der Waals surface area contributed by atoms with Crippen LogP contribution in [0.4, 0.5) is 11.4 Å². The Morgan fingerprint density at radius 1 is 1.19 bits per heavy atom. The van der Waals surface area contributed by atoms with E-state index in [1.807, 2.05) is 37.3 Å². The van der Waals surface area contributed by atoms with Crippen LogP contribution in [0, 0.1) is 12.5 Å². The Bertz CT molecular complexity index is 1090. The van der Waals surface area contributed by atoms with Gasteiger partial charge < -0.3 is 14.7 Å². The van der Waals surface area contributed by atoms with Gasteiger partial charge in [-0.15, -0.1) is 0 Å². The molecule has 1 fully saturated rings. The van der Waals surface area contributed by atoms with Crippen LogP contribution in [-0.4, -0.2) is 25.3 Å². The minimum atomic E-state index is 0.668. The number of benzene rings is 2. The summed E-state index contributed by atoms with van der Waals surface area (Å²) >= 11 is 0. The lowest BCUT2D eigenvalue weighted by atomic mass is 9.92. The van der Waals surface area contributed by atoms with Gasteiger partial charge in [0.15, 0.2) is 11.3 Å². The Kier molecular flexibility index (Phi) is 6.69. The molecule has 0 bridgehead atoms. The van der Waals surface area contributed by atoms with E-state index in [0.717, 1.165) is 59.9 Å². The summed E-state index contributed by atoms with van der Waals surface area (Å²) in [5.41, 5.74) is 5.96. The molecule has 5 nitrogen and oxygen atoms in total. The molecule has 0 spiro atoms. The highest BCUT2D eigenvalue weighted by atomic mass is 16.5. The lowest BCUT2D eigenvalue weighted by Gasteiger charge is -2.22. The first-order chi connectivity index (χ1) is 15.2. The predicted octanol–water partition coefficient (Wildman–Crippen LogP) is 5.98. The van der Waals surface area contributed by atoms with E-state index in [4.69, 9.17) is 11.1 Å². The van der Waals surface area contributed by atoms with Crippen molar-refractivity contribution in [2.75, 3.05) is 25.0 Å². The Morgan fingerprint density at radius 3 is 2.68 bits per heavy atom. The Labute approximate surface area is 184 Å². The van der Waals surface area contributed by atoms with Gasteiger partial charge in [0.25, 0.3) is 0 Å². The second-order valence-corrected chi connectivity index (χ2v) is 8.37. The maximum Gasteiger partial charge on any atom is 0.187 e. The smallest absolute Gasteiger partial charge is 0.187 e. The Morgan fingerprint density at radius 2 is 1.97 bits per heavy atom. The molecule has 5 heteroatoms. The molecule has 0 radical (unpaired) electrons. The minimum Gasteiger partial charge on any atom is -0.370 e. The van der Waals surface area contributed by atoms with E-state index in [-0.39, 0.29) is 0 Å². The second kappa shape index (κ2) is 9.80. The summed E-state index contributed by atoms with van der Waals surface area (Å²) in [4.78, 5) is 5.69. The van der Waals surface area contributed by atoms with E-state index in [1.54, 1.807) is 0 Å². The zero-order valence-electron chi connectivity index (χ0n) is 18.4. The van der Waals surface area contributed by atoms with Crippen molar-refractivity contribution in [2.24, 2.45) is 5.92 Å². The van der Waals surface area contributed by atoms with E-state index in [1.165, 1.54) is 24.8 Å². The topological polar surface area (TPSA) is 45.7 Å². The van der Waals surface area contributed by atoms with Gasteiger partial charge in [-0.3, -0.25) is 0 Å². The molecule has 1 saturated heterocycles. The van der Waals surface area contributed by atoms with Crippen molar-refractivity contribution in [3.05, 3.63) is 70.7 Å². The van der Waals surface area contributed by atoms with Gasteiger partial charge in [0.05, 0.1) is 12.3 Å². The van der Waals surface area contributed by atoms with Crippen molar-refractivity contribution >= 4 is 28.4 Å². The maximum absolute atomic E-state index is 7.12. The number of aryl methyl sites for hydroxylation is 1. The van der Waals surface area contributed by atoms with Gasteiger partial charge in [-0.2, -0.15) is 0 Å². The fourth-order valence-corrected chi connectivity index (χ4v) is 4.45. The molecule has 0 aliphatic carbocycles. The predicted molar refractivity (Wildman–Crippen MR) is 127 cm³/mol. The summed E-state index contributed by atoms with van der Waals surface area (Å²) in [5.74, 6) is 0.780. The number of nitrogens with zero attached hydrogens (tertiary/aromatic N) is 3. The van der Waals surface area contributed by atoms with Gasteiger partial charge in [-0.25, -0.2) is 4.85 Å². The van der Waals surface area contributed by atoms with Crippen molar-refractivity contribution in [3.8, 4) is 0 Å². The highest BCUT2D eigenvalue weighted by molar-refractivity contribution is 5.93. The molecule has 4 rings (SSSR count). The van der Waals surface area contributed by atoms with Crippen LogP contribution in [-0.2, 0) is 13.0 Å². The summed E-state index contributed by atoms with van der Waals surface area (Å²) in [5, 5.41) is 9.02. The maximum atomic E-state index is 7.12. The van der Waals surface area contributed by atoms with Crippen molar-refractivity contribution in [3.63, 3.8) is 0 Å². The highest BCUT2D eigenvalue weighted by Crippen LogP contribution is 2.33. The third kappa shape index (κ3) is 4.81. The monoisotopic (exact) mass is 414 g/mol. The largest absolute Gasteiger partial charge is 0.370 e. The number of aromatic nitrogens is 1. The number of piperidine rings is 1. The van der Waals surface area contributed by atoms with Crippen molar-refractivity contribution in [1.82, 2.24) is 10.5 Å². The first kappa shape index (κ1) is 21.1. The van der Waals surface area contributed by atoms with Crippen LogP contribution in [0.1, 0.15) is 43.0 Å². The van der Waals surface area contributed by atoms with E-state index >= 15 is 0 Å². The fraction of sp³-hybridized carbons (Fsp3) is 0.385. The zero-order valence-corrected chi connectivity index (χ0v) is 18.4. The third-order valence-electron chi connectivity index (χ3n) is 6.21.